The molecule has 1 aromatic heterocycles. The Labute approximate surface area is 129 Å². The van der Waals surface area contributed by atoms with Gasteiger partial charge in [-0.05, 0) is 52.1 Å². The highest BCUT2D eigenvalue weighted by atomic mass is 16.5. The summed E-state index contributed by atoms with van der Waals surface area (Å²) in [6, 6.07) is 2.23. The first-order chi connectivity index (χ1) is 9.97. The monoisotopic (exact) mass is 293 g/mol. The Hall–Kier alpha value is -0.870. The quantitative estimate of drug-likeness (QED) is 0.840. The summed E-state index contributed by atoms with van der Waals surface area (Å²) in [7, 11) is 0. The zero-order valence-electron chi connectivity index (χ0n) is 14.3. The van der Waals surface area contributed by atoms with Gasteiger partial charge >= 0.3 is 0 Å². The summed E-state index contributed by atoms with van der Waals surface area (Å²) in [4.78, 5) is 0. The fraction of sp³-hybridized carbons (Fsp3) is 0.824. The molecule has 0 bridgehead atoms. The van der Waals surface area contributed by atoms with E-state index in [2.05, 4.69) is 55.8 Å². The summed E-state index contributed by atoms with van der Waals surface area (Å²) in [6.07, 6.45) is 2.49. The van der Waals surface area contributed by atoms with Crippen LogP contribution in [-0.2, 0) is 17.7 Å². The van der Waals surface area contributed by atoms with Gasteiger partial charge in [0.05, 0.1) is 11.8 Å². The third-order valence-electron chi connectivity index (χ3n) is 4.68. The molecule has 21 heavy (non-hydrogen) atoms. The first-order valence-corrected chi connectivity index (χ1v) is 8.32. The molecule has 1 aliphatic rings. The third-order valence-corrected chi connectivity index (χ3v) is 4.68. The van der Waals surface area contributed by atoms with Crippen LogP contribution in [0.5, 0.6) is 0 Å². The minimum Gasteiger partial charge on any atom is -0.378 e. The predicted octanol–water partition coefficient (Wildman–Crippen LogP) is 2.79. The van der Waals surface area contributed by atoms with Gasteiger partial charge in [0, 0.05) is 30.8 Å². The number of hydrogen-bond acceptors (Lipinski definition) is 3. The minimum absolute atomic E-state index is 0.203. The highest BCUT2D eigenvalue weighted by Gasteiger charge is 2.41. The van der Waals surface area contributed by atoms with Crippen LogP contribution < -0.4 is 5.32 Å². The van der Waals surface area contributed by atoms with Gasteiger partial charge in [-0.1, -0.05) is 13.8 Å². The van der Waals surface area contributed by atoms with E-state index in [0.29, 0.717) is 12.0 Å². The Kier molecular flexibility index (Phi) is 5.44. The van der Waals surface area contributed by atoms with Crippen molar-refractivity contribution in [2.75, 3.05) is 19.7 Å². The average Bonchev–Trinajstić information content (AvgIpc) is 2.94. The van der Waals surface area contributed by atoms with Gasteiger partial charge in [0.25, 0.3) is 0 Å². The molecule has 1 fully saturated rings. The van der Waals surface area contributed by atoms with Crippen molar-refractivity contribution < 1.29 is 4.74 Å². The lowest BCUT2D eigenvalue weighted by molar-refractivity contribution is 0.0617. The largest absolute Gasteiger partial charge is 0.378 e. The molecule has 2 atom stereocenters. The van der Waals surface area contributed by atoms with Gasteiger partial charge < -0.3 is 10.1 Å². The van der Waals surface area contributed by atoms with E-state index in [1.807, 2.05) is 0 Å². The van der Waals surface area contributed by atoms with Gasteiger partial charge in [-0.15, -0.1) is 0 Å². The van der Waals surface area contributed by atoms with Crippen LogP contribution in [0.15, 0.2) is 6.07 Å². The average molecular weight is 293 g/mol. The molecule has 120 valence electrons. The van der Waals surface area contributed by atoms with Crippen LogP contribution in [0, 0.1) is 18.3 Å². The van der Waals surface area contributed by atoms with Crippen LogP contribution in [0.2, 0.25) is 0 Å². The zero-order valence-corrected chi connectivity index (χ0v) is 14.3. The summed E-state index contributed by atoms with van der Waals surface area (Å²) in [5.74, 6) is 0.683. The van der Waals surface area contributed by atoms with Gasteiger partial charge in [-0.25, -0.2) is 0 Å². The van der Waals surface area contributed by atoms with Crippen molar-refractivity contribution in [1.82, 2.24) is 15.1 Å². The van der Waals surface area contributed by atoms with Crippen molar-refractivity contribution in [3.05, 3.63) is 17.5 Å². The summed E-state index contributed by atoms with van der Waals surface area (Å²) in [5.41, 5.74) is 2.66. The Morgan fingerprint density at radius 1 is 1.52 bits per heavy atom. The van der Waals surface area contributed by atoms with Crippen LogP contribution >= 0.6 is 0 Å². The molecule has 0 radical (unpaired) electrons. The lowest BCUT2D eigenvalue weighted by Crippen LogP contribution is -2.42. The van der Waals surface area contributed by atoms with Gasteiger partial charge in [-0.2, -0.15) is 5.10 Å². The fourth-order valence-electron chi connectivity index (χ4n) is 3.33. The SMILES string of the molecule is CCn1nc(C)cc1CC1(CNCC(C)C)CCOC1C. The maximum atomic E-state index is 5.91. The number of hydrogen-bond donors (Lipinski definition) is 1. The maximum absolute atomic E-state index is 5.91. The number of ether oxygens (including phenoxy) is 1. The number of nitrogens with one attached hydrogen (secondary N) is 1. The van der Waals surface area contributed by atoms with Crippen LogP contribution in [0.3, 0.4) is 0 Å². The predicted molar refractivity (Wildman–Crippen MR) is 86.5 cm³/mol. The van der Waals surface area contributed by atoms with Crippen molar-refractivity contribution in [3.63, 3.8) is 0 Å². The maximum Gasteiger partial charge on any atom is 0.0619 e. The Bertz CT molecular complexity index is 455. The summed E-state index contributed by atoms with van der Waals surface area (Å²) in [6.45, 7) is 14.9. The Morgan fingerprint density at radius 3 is 2.86 bits per heavy atom. The fourth-order valence-corrected chi connectivity index (χ4v) is 3.33. The van der Waals surface area contributed by atoms with Gasteiger partial charge in [0.1, 0.15) is 0 Å². The Morgan fingerprint density at radius 2 is 2.29 bits per heavy atom. The van der Waals surface area contributed by atoms with Crippen molar-refractivity contribution in [2.45, 2.75) is 60.1 Å². The second-order valence-electron chi connectivity index (χ2n) is 6.92. The first-order valence-electron chi connectivity index (χ1n) is 8.32. The van der Waals surface area contributed by atoms with E-state index >= 15 is 0 Å². The molecule has 4 heteroatoms. The normalized spacial score (nSPS) is 25.9. The van der Waals surface area contributed by atoms with E-state index in [0.717, 1.165) is 44.8 Å². The molecule has 0 aliphatic carbocycles. The molecule has 0 spiro atoms. The van der Waals surface area contributed by atoms with Crippen molar-refractivity contribution in [1.29, 1.82) is 0 Å². The molecular formula is C17H31N3O. The topological polar surface area (TPSA) is 39.1 Å². The first kappa shape index (κ1) is 16.5. The highest BCUT2D eigenvalue weighted by Crippen LogP contribution is 2.38. The summed E-state index contributed by atoms with van der Waals surface area (Å²) in [5, 5.41) is 8.24. The molecule has 0 saturated carbocycles. The van der Waals surface area contributed by atoms with E-state index in [9.17, 15) is 0 Å². The number of aromatic nitrogens is 2. The number of aryl methyl sites for hydroxylation is 2. The molecule has 1 N–H and O–H groups in total. The van der Waals surface area contributed by atoms with Crippen molar-refractivity contribution >= 4 is 0 Å². The highest BCUT2D eigenvalue weighted by molar-refractivity contribution is 5.13. The van der Waals surface area contributed by atoms with Crippen LogP contribution in [-0.4, -0.2) is 35.6 Å². The molecular weight excluding hydrogens is 262 g/mol. The summed E-state index contributed by atoms with van der Waals surface area (Å²) < 4.78 is 8.05. The molecule has 2 rings (SSSR count). The van der Waals surface area contributed by atoms with Gasteiger partial charge in [0.2, 0.25) is 0 Å². The van der Waals surface area contributed by atoms with E-state index in [-0.39, 0.29) is 5.41 Å². The van der Waals surface area contributed by atoms with Gasteiger partial charge in [-0.3, -0.25) is 4.68 Å². The van der Waals surface area contributed by atoms with Crippen molar-refractivity contribution in [2.24, 2.45) is 11.3 Å². The van der Waals surface area contributed by atoms with E-state index < -0.39 is 0 Å². The summed E-state index contributed by atoms with van der Waals surface area (Å²) >= 11 is 0. The molecule has 1 aromatic rings. The molecule has 1 aliphatic heterocycles. The molecule has 2 heterocycles. The molecule has 0 amide bonds. The smallest absolute Gasteiger partial charge is 0.0619 e. The second kappa shape index (κ2) is 6.93. The standard InChI is InChI=1S/C17H31N3O/c1-6-20-16(9-14(4)19-20)10-17(7-8-21-15(17)5)12-18-11-13(2)3/h9,13,15,18H,6-8,10-12H2,1-5H3. The Balaban J connectivity index is 2.12. The zero-order chi connectivity index (χ0) is 15.5. The molecule has 1 saturated heterocycles. The van der Waals surface area contributed by atoms with Gasteiger partial charge in [0.15, 0.2) is 0 Å². The van der Waals surface area contributed by atoms with E-state index in [1.165, 1.54) is 5.69 Å². The second-order valence-corrected chi connectivity index (χ2v) is 6.92. The molecule has 4 nitrogen and oxygen atoms in total. The molecule has 0 aromatic carbocycles. The lowest BCUT2D eigenvalue weighted by Gasteiger charge is -2.33. The minimum atomic E-state index is 0.203. The lowest BCUT2D eigenvalue weighted by atomic mass is 9.77. The molecule has 2 unspecified atom stereocenters. The van der Waals surface area contributed by atoms with Crippen LogP contribution in [0.4, 0.5) is 0 Å². The third kappa shape index (κ3) is 3.86. The van der Waals surface area contributed by atoms with Crippen LogP contribution in [0.25, 0.3) is 0 Å². The number of nitrogens with zero attached hydrogens (tertiary/aromatic N) is 2. The van der Waals surface area contributed by atoms with Crippen LogP contribution in [0.1, 0.15) is 45.5 Å². The van der Waals surface area contributed by atoms with E-state index in [4.69, 9.17) is 4.74 Å². The van der Waals surface area contributed by atoms with Crippen molar-refractivity contribution in [3.8, 4) is 0 Å². The number of rotatable bonds is 7. The van der Waals surface area contributed by atoms with E-state index in [1.54, 1.807) is 0 Å².